The first kappa shape index (κ1) is 19.4. The Morgan fingerprint density at radius 1 is 1.17 bits per heavy atom. The molecule has 1 aromatic carbocycles. The van der Waals surface area contributed by atoms with Gasteiger partial charge in [0.25, 0.3) is 5.91 Å². The molecule has 29 heavy (non-hydrogen) atoms. The lowest BCUT2D eigenvalue weighted by Gasteiger charge is -2.14. The molecular formula is C21H21BrN4O3. The summed E-state index contributed by atoms with van der Waals surface area (Å²) in [5.74, 6) is 1.81. The second-order valence-corrected chi connectivity index (χ2v) is 7.35. The molecule has 3 heterocycles. The second kappa shape index (κ2) is 8.24. The molecule has 0 bridgehead atoms. The van der Waals surface area contributed by atoms with E-state index < -0.39 is 0 Å². The molecule has 2 aromatic heterocycles. The summed E-state index contributed by atoms with van der Waals surface area (Å²) in [6.45, 7) is 5.55. The topological polar surface area (TPSA) is 89.1 Å². The van der Waals surface area contributed by atoms with E-state index in [4.69, 9.17) is 14.5 Å². The van der Waals surface area contributed by atoms with Gasteiger partial charge in [-0.05, 0) is 54.0 Å². The van der Waals surface area contributed by atoms with Gasteiger partial charge in [0, 0.05) is 30.4 Å². The standard InChI is InChI=1S/C21H21BrN4O3/c1-3-28-18-10-12(9-14(22)19(18)29-4-2)20-23-7-6-16(26-20)17-11-13-15(25-17)5-8-24-21(13)27/h6-7,9-11,25H,3-5,8H2,1-2H3,(H,24,27). The van der Waals surface area contributed by atoms with E-state index in [-0.39, 0.29) is 5.91 Å². The van der Waals surface area contributed by atoms with Gasteiger partial charge in [0.1, 0.15) is 0 Å². The average Bonchev–Trinajstić information content (AvgIpc) is 3.16. The van der Waals surface area contributed by atoms with E-state index in [0.717, 1.165) is 33.5 Å². The third-order valence-electron chi connectivity index (χ3n) is 4.59. The Balaban J connectivity index is 1.73. The van der Waals surface area contributed by atoms with Gasteiger partial charge in [-0.15, -0.1) is 0 Å². The highest BCUT2D eigenvalue weighted by atomic mass is 79.9. The minimum absolute atomic E-state index is 0.0557. The van der Waals surface area contributed by atoms with E-state index in [1.54, 1.807) is 6.20 Å². The van der Waals surface area contributed by atoms with Gasteiger partial charge in [-0.3, -0.25) is 4.79 Å². The van der Waals surface area contributed by atoms with E-state index in [9.17, 15) is 4.79 Å². The number of hydrogen-bond acceptors (Lipinski definition) is 5. The fraction of sp³-hybridized carbons (Fsp3) is 0.286. The first-order valence-electron chi connectivity index (χ1n) is 9.53. The third-order valence-corrected chi connectivity index (χ3v) is 5.18. The SMILES string of the molecule is CCOc1cc(-c2nccc(-c3cc4c([nH]3)CCNC4=O)n2)cc(Br)c1OCC. The van der Waals surface area contributed by atoms with Crippen molar-refractivity contribution in [2.75, 3.05) is 19.8 Å². The highest BCUT2D eigenvalue weighted by Gasteiger charge is 2.21. The maximum atomic E-state index is 12.0. The normalized spacial score (nSPS) is 13.0. The van der Waals surface area contributed by atoms with Crippen LogP contribution in [-0.4, -0.2) is 40.6 Å². The number of carbonyl (C=O) groups excluding carboxylic acids is 1. The Bertz CT molecular complexity index is 1060. The summed E-state index contributed by atoms with van der Waals surface area (Å²) in [6.07, 6.45) is 2.49. The van der Waals surface area contributed by atoms with Crippen molar-refractivity contribution in [3.8, 4) is 34.3 Å². The lowest BCUT2D eigenvalue weighted by molar-refractivity contribution is 0.0946. The van der Waals surface area contributed by atoms with E-state index in [1.807, 2.05) is 38.1 Å². The summed E-state index contributed by atoms with van der Waals surface area (Å²) in [4.78, 5) is 24.5. The highest BCUT2D eigenvalue weighted by molar-refractivity contribution is 9.10. The van der Waals surface area contributed by atoms with Crippen LogP contribution in [0, 0.1) is 0 Å². The number of fused-ring (bicyclic) bond motifs is 1. The predicted molar refractivity (Wildman–Crippen MR) is 113 cm³/mol. The number of aromatic nitrogens is 3. The van der Waals surface area contributed by atoms with Gasteiger partial charge in [-0.25, -0.2) is 9.97 Å². The second-order valence-electron chi connectivity index (χ2n) is 6.50. The van der Waals surface area contributed by atoms with Crippen molar-refractivity contribution in [3.63, 3.8) is 0 Å². The van der Waals surface area contributed by atoms with E-state index >= 15 is 0 Å². The zero-order chi connectivity index (χ0) is 20.4. The van der Waals surface area contributed by atoms with Crippen LogP contribution in [0.5, 0.6) is 11.5 Å². The molecule has 8 heteroatoms. The van der Waals surface area contributed by atoms with Gasteiger partial charge in [0.15, 0.2) is 17.3 Å². The molecule has 2 N–H and O–H groups in total. The van der Waals surface area contributed by atoms with Crippen molar-refractivity contribution in [1.29, 1.82) is 0 Å². The zero-order valence-corrected chi connectivity index (χ0v) is 17.8. The van der Waals surface area contributed by atoms with Gasteiger partial charge in [0.05, 0.1) is 34.6 Å². The summed E-state index contributed by atoms with van der Waals surface area (Å²) in [5.41, 5.74) is 3.94. The van der Waals surface area contributed by atoms with E-state index in [1.165, 1.54) is 0 Å². The molecule has 0 atom stereocenters. The Labute approximate surface area is 177 Å². The summed E-state index contributed by atoms with van der Waals surface area (Å²) < 4.78 is 12.2. The average molecular weight is 457 g/mol. The number of H-pyrrole nitrogens is 1. The smallest absolute Gasteiger partial charge is 0.253 e. The number of nitrogens with zero attached hydrogens (tertiary/aromatic N) is 2. The Hall–Kier alpha value is -2.87. The Morgan fingerprint density at radius 3 is 2.76 bits per heavy atom. The number of amides is 1. The van der Waals surface area contributed by atoms with Crippen LogP contribution < -0.4 is 14.8 Å². The fourth-order valence-electron chi connectivity index (χ4n) is 3.32. The largest absolute Gasteiger partial charge is 0.490 e. The number of nitrogens with one attached hydrogen (secondary N) is 2. The van der Waals surface area contributed by atoms with Crippen LogP contribution in [0.25, 0.3) is 22.8 Å². The van der Waals surface area contributed by atoms with Crippen molar-refractivity contribution in [2.45, 2.75) is 20.3 Å². The van der Waals surface area contributed by atoms with Gasteiger partial charge in [0.2, 0.25) is 0 Å². The van der Waals surface area contributed by atoms with Crippen molar-refractivity contribution in [3.05, 3.63) is 46.2 Å². The lowest BCUT2D eigenvalue weighted by atomic mass is 10.1. The third kappa shape index (κ3) is 3.85. The van der Waals surface area contributed by atoms with Crippen LogP contribution in [0.4, 0.5) is 0 Å². The molecule has 0 fully saturated rings. The van der Waals surface area contributed by atoms with Gasteiger partial charge in [-0.2, -0.15) is 0 Å². The van der Waals surface area contributed by atoms with Gasteiger partial charge >= 0.3 is 0 Å². The minimum atomic E-state index is -0.0557. The van der Waals surface area contributed by atoms with E-state index in [0.29, 0.717) is 42.6 Å². The molecule has 0 aliphatic carbocycles. The lowest BCUT2D eigenvalue weighted by Crippen LogP contribution is -2.31. The number of hydrogen-bond donors (Lipinski definition) is 2. The molecule has 1 amide bonds. The van der Waals surface area contributed by atoms with Gasteiger partial charge < -0.3 is 19.8 Å². The molecule has 0 saturated heterocycles. The minimum Gasteiger partial charge on any atom is -0.490 e. The van der Waals surface area contributed by atoms with Crippen LogP contribution in [0.1, 0.15) is 29.9 Å². The highest BCUT2D eigenvalue weighted by Crippen LogP contribution is 2.39. The molecule has 0 unspecified atom stereocenters. The molecule has 1 aliphatic rings. The quantitative estimate of drug-likeness (QED) is 0.585. The molecule has 0 spiro atoms. The number of aromatic amines is 1. The monoisotopic (exact) mass is 456 g/mol. The molecule has 150 valence electrons. The number of carbonyl (C=O) groups is 1. The van der Waals surface area contributed by atoms with Crippen molar-refractivity contribution in [1.82, 2.24) is 20.3 Å². The fourth-order valence-corrected chi connectivity index (χ4v) is 3.88. The molecule has 0 saturated carbocycles. The molecular weight excluding hydrogens is 436 g/mol. The predicted octanol–water partition coefficient (Wildman–Crippen LogP) is 3.98. The van der Waals surface area contributed by atoms with Crippen LogP contribution in [0.15, 0.2) is 34.9 Å². The van der Waals surface area contributed by atoms with Crippen LogP contribution in [-0.2, 0) is 6.42 Å². The maximum absolute atomic E-state index is 12.0. The Kier molecular flexibility index (Phi) is 5.53. The van der Waals surface area contributed by atoms with Crippen LogP contribution >= 0.6 is 15.9 Å². The molecule has 0 radical (unpaired) electrons. The first-order chi connectivity index (χ1) is 14.1. The summed E-state index contributed by atoms with van der Waals surface area (Å²) in [7, 11) is 0. The van der Waals surface area contributed by atoms with Crippen molar-refractivity contribution >= 4 is 21.8 Å². The van der Waals surface area contributed by atoms with Crippen LogP contribution in [0.3, 0.4) is 0 Å². The number of rotatable bonds is 6. The number of ether oxygens (including phenoxy) is 2. The summed E-state index contributed by atoms with van der Waals surface area (Å²) in [6, 6.07) is 7.47. The van der Waals surface area contributed by atoms with Crippen molar-refractivity contribution in [2.24, 2.45) is 0 Å². The number of halogens is 1. The number of benzene rings is 1. The summed E-state index contributed by atoms with van der Waals surface area (Å²) >= 11 is 3.56. The van der Waals surface area contributed by atoms with E-state index in [2.05, 4.69) is 31.2 Å². The first-order valence-corrected chi connectivity index (χ1v) is 10.3. The van der Waals surface area contributed by atoms with Crippen molar-refractivity contribution < 1.29 is 14.3 Å². The maximum Gasteiger partial charge on any atom is 0.253 e. The Morgan fingerprint density at radius 2 is 2.00 bits per heavy atom. The molecule has 7 nitrogen and oxygen atoms in total. The molecule has 1 aliphatic heterocycles. The molecule has 4 rings (SSSR count). The summed E-state index contributed by atoms with van der Waals surface area (Å²) in [5, 5.41) is 2.86. The van der Waals surface area contributed by atoms with Crippen LogP contribution in [0.2, 0.25) is 0 Å². The molecule has 3 aromatic rings. The van der Waals surface area contributed by atoms with Gasteiger partial charge in [-0.1, -0.05) is 0 Å². The zero-order valence-electron chi connectivity index (χ0n) is 16.2.